The van der Waals surface area contributed by atoms with Crippen molar-refractivity contribution in [2.45, 2.75) is 131 Å². The number of ether oxygens (including phenoxy) is 3. The van der Waals surface area contributed by atoms with Crippen molar-refractivity contribution >= 4 is 15.9 Å². The van der Waals surface area contributed by atoms with Gasteiger partial charge in [-0.15, -0.1) is 0 Å². The monoisotopic (exact) mass is 678 g/mol. The Morgan fingerprint density at radius 2 is 1.74 bits per heavy atom. The maximum absolute atomic E-state index is 12.7. The highest BCUT2D eigenvalue weighted by atomic mass is 32.2. The molecule has 47 heavy (non-hydrogen) atoms. The lowest BCUT2D eigenvalue weighted by atomic mass is 9.41. The number of nitrogens with zero attached hydrogens (tertiary/aromatic N) is 2. The highest BCUT2D eigenvalue weighted by molar-refractivity contribution is 7.88. The van der Waals surface area contributed by atoms with Gasteiger partial charge in [-0.25, -0.2) is 12.7 Å². The van der Waals surface area contributed by atoms with E-state index < -0.39 is 16.1 Å². The van der Waals surface area contributed by atoms with E-state index in [0.29, 0.717) is 44.0 Å². The van der Waals surface area contributed by atoms with Gasteiger partial charge in [0.1, 0.15) is 0 Å². The number of carbonyl (C=O) groups excluding carboxylic acids is 1. The smallest absolute Gasteiger partial charge is 0.225 e. The number of fused-ring (bicyclic) bond motifs is 4. The van der Waals surface area contributed by atoms with E-state index in [4.69, 9.17) is 14.2 Å². The molecule has 7 rings (SSSR count). The molecule has 1 N–H and O–H groups in total. The van der Waals surface area contributed by atoms with E-state index >= 15 is 0 Å². The van der Waals surface area contributed by atoms with Gasteiger partial charge in [-0.05, 0) is 96.7 Å². The van der Waals surface area contributed by atoms with Crippen molar-refractivity contribution in [1.82, 2.24) is 9.21 Å². The van der Waals surface area contributed by atoms with Gasteiger partial charge in [0.15, 0.2) is 6.29 Å². The Bertz CT molecular complexity index is 1370. The molecule has 7 aliphatic rings. The zero-order valence-corrected chi connectivity index (χ0v) is 31.3. The van der Waals surface area contributed by atoms with E-state index in [1.54, 1.807) is 7.05 Å². The van der Waals surface area contributed by atoms with Crippen LogP contribution in [-0.2, 0) is 29.0 Å². The highest BCUT2D eigenvalue weighted by Crippen LogP contribution is 2.89. The molecule has 5 aliphatic carbocycles. The first kappa shape index (κ1) is 34.7. The Morgan fingerprint density at radius 3 is 2.43 bits per heavy atom. The second kappa shape index (κ2) is 11.1. The van der Waals surface area contributed by atoms with Crippen LogP contribution in [0.4, 0.5) is 0 Å². The van der Waals surface area contributed by atoms with Crippen LogP contribution in [0.15, 0.2) is 0 Å². The summed E-state index contributed by atoms with van der Waals surface area (Å²) in [6, 6.07) is 0. The Balaban J connectivity index is 1.10. The van der Waals surface area contributed by atoms with Crippen molar-refractivity contribution in [1.29, 1.82) is 0 Å². The minimum atomic E-state index is -3.30. The third kappa shape index (κ3) is 4.76. The standard InChI is InChI=1S/C37H62N2O7S/c1-22(2)32(41)39-16-17-44-28(20-39)46-27-12-13-36-21-37(36)15-14-34(6)29-23(3)18-24(19-38(8)47(9,42)43)45-30(29)31(40)35(34,7)26(37)11-10-25(36)33(27,4)5/h22-31,40H,10-21H2,1-9H3/t23-,24-,25+,26+,27+,28+,29+,30+,31+,34-,35-,36-,37+/m1/s1. The van der Waals surface area contributed by atoms with Crippen LogP contribution < -0.4 is 0 Å². The fraction of sp³-hybridized carbons (Fsp3) is 0.973. The summed E-state index contributed by atoms with van der Waals surface area (Å²) in [5.74, 6) is 1.77. The molecular formula is C37H62N2O7S. The molecule has 0 aromatic carbocycles. The second-order valence-corrected chi connectivity index (χ2v) is 20.6. The van der Waals surface area contributed by atoms with Gasteiger partial charge in [-0.2, -0.15) is 0 Å². The molecule has 2 aliphatic heterocycles. The molecule has 9 nitrogen and oxygen atoms in total. The van der Waals surface area contributed by atoms with Gasteiger partial charge < -0.3 is 24.2 Å². The quantitative estimate of drug-likeness (QED) is 0.426. The van der Waals surface area contributed by atoms with Gasteiger partial charge in [-0.1, -0.05) is 48.5 Å². The summed E-state index contributed by atoms with van der Waals surface area (Å²) in [5, 5.41) is 12.4. The van der Waals surface area contributed by atoms with Crippen molar-refractivity contribution in [3.63, 3.8) is 0 Å². The third-order valence-corrected chi connectivity index (χ3v) is 17.3. The van der Waals surface area contributed by atoms with Crippen molar-refractivity contribution in [3.05, 3.63) is 0 Å². The van der Waals surface area contributed by atoms with E-state index in [1.165, 1.54) is 23.4 Å². The number of sulfonamides is 1. The van der Waals surface area contributed by atoms with Gasteiger partial charge in [0.2, 0.25) is 15.9 Å². The molecule has 268 valence electrons. The van der Waals surface area contributed by atoms with Crippen molar-refractivity contribution in [2.75, 3.05) is 39.5 Å². The molecule has 13 atom stereocenters. The molecule has 0 unspecified atom stereocenters. The molecule has 0 aromatic rings. The van der Waals surface area contributed by atoms with Gasteiger partial charge in [0, 0.05) is 31.5 Å². The lowest BCUT2D eigenvalue weighted by Gasteiger charge is -2.64. The van der Waals surface area contributed by atoms with E-state index in [9.17, 15) is 18.3 Å². The topological polar surface area (TPSA) is 106 Å². The first-order chi connectivity index (χ1) is 21.8. The predicted molar refractivity (Wildman–Crippen MR) is 180 cm³/mol. The third-order valence-electron chi connectivity index (χ3n) is 16.0. The molecular weight excluding hydrogens is 616 g/mol. The SMILES string of the molecule is CC(C)C(=O)N1CCO[C@@H](O[C@H]2CC[C@]34C[C@]35CC[C@]3(C)[C@@H]6[C@H](O[C@@H](CN(C)S(C)(=O)=O)C[C@H]6C)[C@H](O)[C@@]3(C)[C@@H]5CC[C@H]4C2(C)C)C1. The summed E-state index contributed by atoms with van der Waals surface area (Å²) in [6.07, 6.45) is 8.80. The first-order valence-corrected chi connectivity index (χ1v) is 20.5. The molecule has 2 saturated heterocycles. The lowest BCUT2D eigenvalue weighted by molar-refractivity contribution is -0.248. The molecule has 5 saturated carbocycles. The van der Waals surface area contributed by atoms with E-state index in [2.05, 4.69) is 34.6 Å². The van der Waals surface area contributed by atoms with Gasteiger partial charge in [0.05, 0.1) is 43.8 Å². The van der Waals surface area contributed by atoms with Gasteiger partial charge in [0.25, 0.3) is 0 Å². The predicted octanol–water partition coefficient (Wildman–Crippen LogP) is 4.92. The summed E-state index contributed by atoms with van der Waals surface area (Å²) < 4.78 is 45.5. The van der Waals surface area contributed by atoms with Crippen LogP contribution in [0.25, 0.3) is 0 Å². The second-order valence-electron chi connectivity index (χ2n) is 18.5. The first-order valence-electron chi connectivity index (χ1n) is 18.6. The zero-order valence-electron chi connectivity index (χ0n) is 30.5. The van der Waals surface area contributed by atoms with Crippen LogP contribution in [0.1, 0.15) is 99.8 Å². The van der Waals surface area contributed by atoms with Crippen molar-refractivity contribution in [2.24, 2.45) is 56.7 Å². The normalized spacial score (nSPS) is 50.3. The fourth-order valence-corrected chi connectivity index (χ4v) is 14.1. The summed E-state index contributed by atoms with van der Waals surface area (Å²) in [7, 11) is -1.67. The maximum Gasteiger partial charge on any atom is 0.225 e. The average Bonchev–Trinajstić information content (AvgIpc) is 3.62. The molecule has 7 fully saturated rings. The average molecular weight is 679 g/mol. The number of aliphatic hydroxyl groups is 1. The number of rotatable bonds is 6. The van der Waals surface area contributed by atoms with Crippen LogP contribution in [0.5, 0.6) is 0 Å². The fourth-order valence-electron chi connectivity index (χ4n) is 13.6. The number of carbonyl (C=O) groups is 1. The lowest BCUT2D eigenvalue weighted by Crippen LogP contribution is -2.60. The van der Waals surface area contributed by atoms with Gasteiger partial charge >= 0.3 is 0 Å². The van der Waals surface area contributed by atoms with Crippen LogP contribution in [0.2, 0.25) is 0 Å². The number of amides is 1. The maximum atomic E-state index is 12.7. The molecule has 10 heteroatoms. The summed E-state index contributed by atoms with van der Waals surface area (Å²) in [6.45, 7) is 17.9. The number of likely N-dealkylation sites (N-methyl/N-ethyl adjacent to an activating group) is 1. The van der Waals surface area contributed by atoms with E-state index in [-0.39, 0.29) is 69.4 Å². The van der Waals surface area contributed by atoms with Crippen LogP contribution in [-0.4, -0.2) is 98.9 Å². The van der Waals surface area contributed by atoms with E-state index in [1.807, 2.05) is 18.7 Å². The van der Waals surface area contributed by atoms with Gasteiger partial charge in [-0.3, -0.25) is 4.79 Å². The largest absolute Gasteiger partial charge is 0.390 e. The minimum Gasteiger partial charge on any atom is -0.390 e. The number of morpholine rings is 1. The Labute approximate surface area is 283 Å². The molecule has 0 radical (unpaired) electrons. The number of aliphatic hydroxyl groups excluding tert-OH is 1. The summed E-state index contributed by atoms with van der Waals surface area (Å²) >= 11 is 0. The van der Waals surface area contributed by atoms with Crippen LogP contribution in [0.3, 0.4) is 0 Å². The van der Waals surface area contributed by atoms with Crippen LogP contribution in [0, 0.1) is 56.7 Å². The zero-order chi connectivity index (χ0) is 34.1. The van der Waals surface area contributed by atoms with Crippen molar-refractivity contribution < 1.29 is 32.5 Å². The van der Waals surface area contributed by atoms with E-state index in [0.717, 1.165) is 38.5 Å². The Hall–Kier alpha value is -0.780. The minimum absolute atomic E-state index is 0.0131. The molecule has 0 aromatic heterocycles. The molecule has 2 spiro atoms. The Kier molecular flexibility index (Phi) is 8.19. The molecule has 0 bridgehead atoms. The number of hydrogen-bond acceptors (Lipinski definition) is 7. The van der Waals surface area contributed by atoms with Crippen LogP contribution >= 0.6 is 0 Å². The summed E-state index contributed by atoms with van der Waals surface area (Å²) in [5.41, 5.74) is 0.255. The Morgan fingerprint density at radius 1 is 1.06 bits per heavy atom. The molecule has 1 amide bonds. The number of hydrogen-bond donors (Lipinski definition) is 1. The highest BCUT2D eigenvalue weighted by Gasteiger charge is 2.84. The summed E-state index contributed by atoms with van der Waals surface area (Å²) in [4.78, 5) is 14.7. The van der Waals surface area contributed by atoms with Crippen molar-refractivity contribution in [3.8, 4) is 0 Å². The molecule has 2 heterocycles.